The van der Waals surface area contributed by atoms with E-state index in [4.69, 9.17) is 5.11 Å². The molecule has 2 aromatic heterocycles. The van der Waals surface area contributed by atoms with E-state index in [0.29, 0.717) is 0 Å². The molecule has 11 nitrogen and oxygen atoms in total. The van der Waals surface area contributed by atoms with Crippen molar-refractivity contribution in [3.63, 3.8) is 0 Å². The van der Waals surface area contributed by atoms with Crippen molar-refractivity contribution in [1.82, 2.24) is 9.55 Å². The van der Waals surface area contributed by atoms with Crippen LogP contribution in [0.2, 0.25) is 0 Å². The molecule has 2 heterocycles. The molecule has 32 heavy (non-hydrogen) atoms. The predicted octanol–water partition coefficient (Wildman–Crippen LogP) is 2.79. The Morgan fingerprint density at radius 1 is 1.28 bits per heavy atom. The lowest BCUT2D eigenvalue weighted by molar-refractivity contribution is 0.274. The fraction of sp³-hybridized carbons (Fsp3) is 0.211. The van der Waals surface area contributed by atoms with Crippen molar-refractivity contribution >= 4 is 37.9 Å². The SMILES string of the molecule is Cc1c(C#N)c(O)n(CCCO)c(=O)c1N=Nc1ccc(S(=O)(=O)Nc2nccs2)cc1. The maximum absolute atomic E-state index is 12.7. The Hall–Kier alpha value is -3.60. The number of pyridine rings is 1. The van der Waals surface area contributed by atoms with E-state index in [1.807, 2.05) is 6.07 Å². The Labute approximate surface area is 187 Å². The van der Waals surface area contributed by atoms with E-state index in [9.17, 15) is 23.6 Å². The van der Waals surface area contributed by atoms with Gasteiger partial charge in [-0.15, -0.1) is 16.5 Å². The number of aromatic nitrogens is 2. The fourth-order valence-electron chi connectivity index (χ4n) is 2.74. The van der Waals surface area contributed by atoms with Gasteiger partial charge >= 0.3 is 0 Å². The number of rotatable bonds is 8. The number of aliphatic hydroxyl groups excluding tert-OH is 1. The van der Waals surface area contributed by atoms with Crippen molar-refractivity contribution in [2.45, 2.75) is 24.8 Å². The third-order valence-electron chi connectivity index (χ3n) is 4.38. The van der Waals surface area contributed by atoms with Crippen LogP contribution in [0.15, 0.2) is 55.8 Å². The summed E-state index contributed by atoms with van der Waals surface area (Å²) in [5.41, 5.74) is -0.495. The number of hydrogen-bond acceptors (Lipinski definition) is 10. The molecule has 1 aromatic carbocycles. The van der Waals surface area contributed by atoms with Crippen LogP contribution in [-0.4, -0.2) is 34.8 Å². The maximum atomic E-state index is 12.7. The lowest BCUT2D eigenvalue weighted by Crippen LogP contribution is -2.22. The van der Waals surface area contributed by atoms with E-state index in [0.717, 1.165) is 15.9 Å². The molecule has 3 aromatic rings. The number of thiazole rings is 1. The van der Waals surface area contributed by atoms with Gasteiger partial charge in [-0.3, -0.25) is 14.1 Å². The minimum absolute atomic E-state index is 0.00268. The maximum Gasteiger partial charge on any atom is 0.281 e. The number of aliphatic hydroxyl groups is 1. The van der Waals surface area contributed by atoms with Crippen LogP contribution in [0.3, 0.4) is 0 Å². The summed E-state index contributed by atoms with van der Waals surface area (Å²) in [5, 5.41) is 38.3. The fourth-order valence-corrected chi connectivity index (χ4v) is 4.53. The summed E-state index contributed by atoms with van der Waals surface area (Å²) in [6, 6.07) is 7.31. The number of nitrogens with zero attached hydrogens (tertiary/aromatic N) is 5. The number of azo groups is 1. The number of sulfonamides is 1. The van der Waals surface area contributed by atoms with Gasteiger partial charge in [-0.1, -0.05) is 0 Å². The number of nitriles is 1. The minimum Gasteiger partial charge on any atom is -0.493 e. The van der Waals surface area contributed by atoms with Gasteiger partial charge in [0.25, 0.3) is 15.6 Å². The van der Waals surface area contributed by atoms with Crippen LogP contribution < -0.4 is 10.3 Å². The molecule has 0 aliphatic rings. The van der Waals surface area contributed by atoms with E-state index in [2.05, 4.69) is 19.9 Å². The van der Waals surface area contributed by atoms with E-state index >= 15 is 0 Å². The highest BCUT2D eigenvalue weighted by molar-refractivity contribution is 7.93. The highest BCUT2D eigenvalue weighted by atomic mass is 32.2. The smallest absolute Gasteiger partial charge is 0.281 e. The molecule has 13 heteroatoms. The first-order chi connectivity index (χ1) is 15.3. The van der Waals surface area contributed by atoms with Crippen LogP contribution >= 0.6 is 11.3 Å². The predicted molar refractivity (Wildman–Crippen MR) is 117 cm³/mol. The Morgan fingerprint density at radius 2 is 2.00 bits per heavy atom. The van der Waals surface area contributed by atoms with Gasteiger partial charge in [-0.2, -0.15) is 10.4 Å². The quantitative estimate of drug-likeness (QED) is 0.421. The Bertz CT molecular complexity index is 1340. The molecule has 166 valence electrons. The van der Waals surface area contributed by atoms with Crippen LogP contribution in [0.1, 0.15) is 17.5 Å². The first kappa shape index (κ1) is 23.1. The third kappa shape index (κ3) is 4.83. The summed E-state index contributed by atoms with van der Waals surface area (Å²) in [5.74, 6) is -0.496. The van der Waals surface area contributed by atoms with Gasteiger partial charge in [0, 0.05) is 30.3 Å². The van der Waals surface area contributed by atoms with E-state index in [-0.39, 0.29) is 52.1 Å². The lowest BCUT2D eigenvalue weighted by Gasteiger charge is -2.12. The average molecular weight is 475 g/mol. The normalized spacial score (nSPS) is 11.5. The van der Waals surface area contributed by atoms with Gasteiger partial charge in [-0.05, 0) is 37.6 Å². The first-order valence-corrected chi connectivity index (χ1v) is 11.6. The largest absolute Gasteiger partial charge is 0.493 e. The molecule has 0 unspecified atom stereocenters. The molecule has 0 aliphatic carbocycles. The van der Waals surface area contributed by atoms with Crippen LogP contribution in [-0.2, 0) is 16.6 Å². The molecule has 0 aliphatic heterocycles. The summed E-state index contributed by atoms with van der Waals surface area (Å²) in [7, 11) is -3.82. The Morgan fingerprint density at radius 3 is 2.59 bits per heavy atom. The zero-order valence-electron chi connectivity index (χ0n) is 16.8. The van der Waals surface area contributed by atoms with Crippen molar-refractivity contribution in [3.8, 4) is 11.9 Å². The highest BCUT2D eigenvalue weighted by Crippen LogP contribution is 2.27. The monoisotopic (exact) mass is 474 g/mol. The second-order valence-corrected chi connectivity index (χ2v) is 9.03. The highest BCUT2D eigenvalue weighted by Gasteiger charge is 2.19. The third-order valence-corrected chi connectivity index (χ3v) is 6.55. The number of aromatic hydroxyl groups is 1. The topological polar surface area (TPSA) is 170 Å². The van der Waals surface area contributed by atoms with Gasteiger partial charge in [0.15, 0.2) is 10.8 Å². The Kier molecular flexibility index (Phi) is 6.98. The van der Waals surface area contributed by atoms with Gasteiger partial charge in [0.2, 0.25) is 5.88 Å². The van der Waals surface area contributed by atoms with E-state index in [1.165, 1.54) is 37.4 Å². The van der Waals surface area contributed by atoms with Gasteiger partial charge in [0.1, 0.15) is 11.6 Å². The number of nitrogens with one attached hydrogen (secondary N) is 1. The summed E-state index contributed by atoms with van der Waals surface area (Å²) in [6.45, 7) is 1.26. The van der Waals surface area contributed by atoms with E-state index < -0.39 is 21.5 Å². The zero-order chi connectivity index (χ0) is 23.3. The van der Waals surface area contributed by atoms with Gasteiger partial charge in [0.05, 0.1) is 10.6 Å². The van der Waals surface area contributed by atoms with Crippen molar-refractivity contribution in [1.29, 1.82) is 5.26 Å². The molecule has 0 radical (unpaired) electrons. The van der Waals surface area contributed by atoms with Crippen LogP contribution in [0.5, 0.6) is 5.88 Å². The van der Waals surface area contributed by atoms with Crippen LogP contribution in [0, 0.1) is 18.3 Å². The molecule has 0 bridgehead atoms. The number of hydrogen-bond donors (Lipinski definition) is 3. The zero-order valence-corrected chi connectivity index (χ0v) is 18.4. The van der Waals surface area contributed by atoms with Crippen molar-refractivity contribution < 1.29 is 18.6 Å². The molecule has 0 fully saturated rings. The van der Waals surface area contributed by atoms with E-state index in [1.54, 1.807) is 5.38 Å². The van der Waals surface area contributed by atoms with Crippen molar-refractivity contribution in [3.05, 3.63) is 57.3 Å². The molecular formula is C19H18N6O5S2. The Balaban J connectivity index is 1.91. The summed E-state index contributed by atoms with van der Waals surface area (Å²) >= 11 is 1.14. The van der Waals surface area contributed by atoms with Gasteiger partial charge in [-0.25, -0.2) is 13.4 Å². The molecule has 0 amide bonds. The molecule has 0 saturated heterocycles. The first-order valence-electron chi connectivity index (χ1n) is 9.20. The van der Waals surface area contributed by atoms with Gasteiger partial charge < -0.3 is 10.2 Å². The molecule has 3 rings (SSSR count). The van der Waals surface area contributed by atoms with Crippen molar-refractivity contribution in [2.75, 3.05) is 11.3 Å². The molecule has 0 saturated carbocycles. The molecular weight excluding hydrogens is 456 g/mol. The number of benzene rings is 1. The molecule has 0 atom stereocenters. The second-order valence-electron chi connectivity index (χ2n) is 6.45. The second kappa shape index (κ2) is 9.69. The standard InChI is InChI=1S/C19H18N6O5S2/c1-12-15(11-20)17(27)25(8-2-9-26)18(28)16(12)23-22-13-3-5-14(6-4-13)32(29,30)24-19-21-7-10-31-19/h3-7,10,26-27H,2,8-9H2,1H3,(H,21,24). The van der Waals surface area contributed by atoms with Crippen LogP contribution in [0.4, 0.5) is 16.5 Å². The summed E-state index contributed by atoms with van der Waals surface area (Å²) in [6.07, 6.45) is 1.68. The summed E-state index contributed by atoms with van der Waals surface area (Å²) in [4.78, 5) is 16.6. The summed E-state index contributed by atoms with van der Waals surface area (Å²) < 4.78 is 28.1. The lowest BCUT2D eigenvalue weighted by atomic mass is 10.1. The number of anilines is 1. The average Bonchev–Trinajstić information content (AvgIpc) is 3.26. The molecule has 0 spiro atoms. The van der Waals surface area contributed by atoms with Crippen LogP contribution in [0.25, 0.3) is 0 Å². The molecule has 3 N–H and O–H groups in total. The van der Waals surface area contributed by atoms with Crippen molar-refractivity contribution in [2.24, 2.45) is 10.2 Å². The minimum atomic E-state index is -3.82.